The third-order valence-electron chi connectivity index (χ3n) is 3.91. The SMILES string of the molecule is CCOc1ccc(NC(=O)N2CC(Oc3ncccc3C(F)(F)F)C2)cc1. The van der Waals surface area contributed by atoms with E-state index in [9.17, 15) is 18.0 Å². The average Bonchev–Trinajstić information content (AvgIpc) is 2.59. The van der Waals surface area contributed by atoms with Crippen molar-refractivity contribution in [3.05, 3.63) is 48.2 Å². The number of carbonyl (C=O) groups is 1. The number of anilines is 1. The molecule has 1 aliphatic heterocycles. The van der Waals surface area contributed by atoms with E-state index in [1.807, 2.05) is 6.92 Å². The lowest BCUT2D eigenvalue weighted by molar-refractivity contribution is -0.140. The molecule has 6 nitrogen and oxygen atoms in total. The largest absolute Gasteiger partial charge is 0.494 e. The van der Waals surface area contributed by atoms with Gasteiger partial charge < -0.3 is 19.7 Å². The van der Waals surface area contributed by atoms with E-state index >= 15 is 0 Å². The van der Waals surface area contributed by atoms with E-state index in [0.29, 0.717) is 18.0 Å². The third kappa shape index (κ3) is 4.60. The van der Waals surface area contributed by atoms with Gasteiger partial charge in [0.05, 0.1) is 19.7 Å². The van der Waals surface area contributed by atoms with Crippen molar-refractivity contribution >= 4 is 11.7 Å². The quantitative estimate of drug-likeness (QED) is 0.856. The standard InChI is InChI=1S/C18H18F3N3O3/c1-2-26-13-7-5-12(6-8-13)23-17(25)24-10-14(11-24)27-16-15(18(19,20)21)4-3-9-22-16/h3-9,14H,2,10-11H2,1H3,(H,23,25). The van der Waals surface area contributed by atoms with Gasteiger partial charge in [-0.15, -0.1) is 0 Å². The van der Waals surface area contributed by atoms with Gasteiger partial charge in [0, 0.05) is 11.9 Å². The topological polar surface area (TPSA) is 63.7 Å². The lowest BCUT2D eigenvalue weighted by atomic mass is 10.2. The van der Waals surface area contributed by atoms with Gasteiger partial charge in [-0.2, -0.15) is 13.2 Å². The maximum atomic E-state index is 12.9. The Hall–Kier alpha value is -2.97. The predicted molar refractivity (Wildman–Crippen MR) is 91.9 cm³/mol. The zero-order chi connectivity index (χ0) is 19.4. The minimum Gasteiger partial charge on any atom is -0.494 e. The summed E-state index contributed by atoms with van der Waals surface area (Å²) in [4.78, 5) is 17.3. The molecule has 0 bridgehead atoms. The Morgan fingerprint density at radius 1 is 1.26 bits per heavy atom. The zero-order valence-corrected chi connectivity index (χ0v) is 14.5. The summed E-state index contributed by atoms with van der Waals surface area (Å²) in [5.74, 6) is 0.227. The number of hydrogen-bond acceptors (Lipinski definition) is 4. The number of carbonyl (C=O) groups excluding carboxylic acids is 1. The molecular formula is C18H18F3N3O3. The maximum Gasteiger partial charge on any atom is 0.421 e. The molecule has 0 saturated carbocycles. The second-order valence-electron chi connectivity index (χ2n) is 5.89. The summed E-state index contributed by atoms with van der Waals surface area (Å²) < 4.78 is 49.5. The number of hydrogen-bond donors (Lipinski definition) is 1. The fraction of sp³-hybridized carbons (Fsp3) is 0.333. The molecular weight excluding hydrogens is 363 g/mol. The van der Waals surface area contributed by atoms with Crippen LogP contribution in [0.4, 0.5) is 23.7 Å². The number of rotatable bonds is 5. The van der Waals surface area contributed by atoms with Crippen LogP contribution in [-0.2, 0) is 6.18 Å². The number of likely N-dealkylation sites (tertiary alicyclic amines) is 1. The van der Waals surface area contributed by atoms with Gasteiger partial charge in [0.25, 0.3) is 0 Å². The number of nitrogens with one attached hydrogen (secondary N) is 1. The highest BCUT2D eigenvalue weighted by Gasteiger charge is 2.38. The van der Waals surface area contributed by atoms with Crippen LogP contribution in [-0.4, -0.2) is 41.7 Å². The molecule has 1 fully saturated rings. The van der Waals surface area contributed by atoms with E-state index in [4.69, 9.17) is 9.47 Å². The van der Waals surface area contributed by atoms with E-state index in [1.165, 1.54) is 17.2 Å². The van der Waals surface area contributed by atoms with Gasteiger partial charge in [0.1, 0.15) is 17.4 Å². The van der Waals surface area contributed by atoms with Gasteiger partial charge in [0.2, 0.25) is 5.88 Å². The summed E-state index contributed by atoms with van der Waals surface area (Å²) in [5, 5.41) is 2.71. The summed E-state index contributed by atoms with van der Waals surface area (Å²) in [5.41, 5.74) is -0.334. The van der Waals surface area contributed by atoms with Crippen molar-refractivity contribution in [2.45, 2.75) is 19.2 Å². The van der Waals surface area contributed by atoms with Crippen LogP contribution >= 0.6 is 0 Å². The number of ether oxygens (including phenoxy) is 2. The van der Waals surface area contributed by atoms with Crippen LogP contribution in [0.3, 0.4) is 0 Å². The highest BCUT2D eigenvalue weighted by atomic mass is 19.4. The Kier molecular flexibility index (Phi) is 5.38. The molecule has 1 saturated heterocycles. The first kappa shape index (κ1) is 18.8. The molecule has 0 radical (unpaired) electrons. The first-order valence-corrected chi connectivity index (χ1v) is 8.34. The first-order valence-electron chi connectivity index (χ1n) is 8.34. The van der Waals surface area contributed by atoms with E-state index in [0.717, 1.165) is 6.07 Å². The van der Waals surface area contributed by atoms with E-state index in [2.05, 4.69) is 10.3 Å². The van der Waals surface area contributed by atoms with Crippen LogP contribution in [0.2, 0.25) is 0 Å². The van der Waals surface area contributed by atoms with Crippen LogP contribution < -0.4 is 14.8 Å². The van der Waals surface area contributed by atoms with Crippen molar-refractivity contribution in [1.82, 2.24) is 9.88 Å². The van der Waals surface area contributed by atoms with Crippen molar-refractivity contribution in [1.29, 1.82) is 0 Å². The molecule has 0 aliphatic carbocycles. The number of alkyl halides is 3. The second kappa shape index (κ2) is 7.73. The van der Waals surface area contributed by atoms with Crippen molar-refractivity contribution in [2.75, 3.05) is 25.0 Å². The Morgan fingerprint density at radius 3 is 2.59 bits per heavy atom. The fourth-order valence-electron chi connectivity index (χ4n) is 2.54. The summed E-state index contributed by atoms with van der Waals surface area (Å²) in [6.45, 7) is 2.78. The van der Waals surface area contributed by atoms with Crippen LogP contribution in [0.1, 0.15) is 12.5 Å². The Balaban J connectivity index is 1.52. The van der Waals surface area contributed by atoms with E-state index in [-0.39, 0.29) is 19.1 Å². The van der Waals surface area contributed by atoms with Crippen molar-refractivity contribution < 1.29 is 27.4 Å². The van der Waals surface area contributed by atoms with Gasteiger partial charge >= 0.3 is 12.2 Å². The lowest BCUT2D eigenvalue weighted by Gasteiger charge is -2.38. The first-order chi connectivity index (χ1) is 12.9. The normalized spacial score (nSPS) is 14.4. The van der Waals surface area contributed by atoms with Gasteiger partial charge in [0.15, 0.2) is 0 Å². The smallest absolute Gasteiger partial charge is 0.421 e. The molecule has 144 valence electrons. The zero-order valence-electron chi connectivity index (χ0n) is 14.5. The van der Waals surface area contributed by atoms with Crippen LogP contribution in [0.15, 0.2) is 42.6 Å². The Bertz CT molecular complexity index is 790. The van der Waals surface area contributed by atoms with Gasteiger partial charge in [-0.1, -0.05) is 0 Å². The van der Waals surface area contributed by atoms with Crippen LogP contribution in [0, 0.1) is 0 Å². The number of benzene rings is 1. The minimum absolute atomic E-state index is 0.177. The van der Waals surface area contributed by atoms with Gasteiger partial charge in [-0.25, -0.2) is 9.78 Å². The molecule has 2 aromatic rings. The molecule has 1 aliphatic rings. The Labute approximate surface area is 153 Å². The van der Waals surface area contributed by atoms with E-state index < -0.39 is 23.7 Å². The number of amides is 2. The fourth-order valence-corrected chi connectivity index (χ4v) is 2.54. The molecule has 0 unspecified atom stereocenters. The summed E-state index contributed by atoms with van der Waals surface area (Å²) in [6.07, 6.45) is -3.84. The molecule has 0 spiro atoms. The molecule has 1 aromatic heterocycles. The highest BCUT2D eigenvalue weighted by Crippen LogP contribution is 2.35. The van der Waals surface area contributed by atoms with Gasteiger partial charge in [-0.3, -0.25) is 0 Å². The number of nitrogens with zero attached hydrogens (tertiary/aromatic N) is 2. The second-order valence-corrected chi connectivity index (χ2v) is 5.89. The number of aromatic nitrogens is 1. The molecule has 1 N–H and O–H groups in total. The van der Waals surface area contributed by atoms with Crippen molar-refractivity contribution in [3.63, 3.8) is 0 Å². The molecule has 0 atom stereocenters. The molecule has 1 aromatic carbocycles. The molecule has 9 heteroatoms. The summed E-state index contributed by atoms with van der Waals surface area (Å²) >= 11 is 0. The highest BCUT2D eigenvalue weighted by molar-refractivity contribution is 5.90. The van der Waals surface area contributed by atoms with Gasteiger partial charge in [-0.05, 0) is 43.3 Å². The third-order valence-corrected chi connectivity index (χ3v) is 3.91. The van der Waals surface area contributed by atoms with Crippen molar-refractivity contribution in [3.8, 4) is 11.6 Å². The molecule has 2 amide bonds. The van der Waals surface area contributed by atoms with E-state index in [1.54, 1.807) is 24.3 Å². The van der Waals surface area contributed by atoms with Crippen LogP contribution in [0.25, 0.3) is 0 Å². The predicted octanol–water partition coefficient (Wildman–Crippen LogP) is 3.79. The van der Waals surface area contributed by atoms with Crippen LogP contribution in [0.5, 0.6) is 11.6 Å². The monoisotopic (exact) mass is 381 g/mol. The summed E-state index contributed by atoms with van der Waals surface area (Å²) in [7, 11) is 0. The number of urea groups is 1. The molecule has 27 heavy (non-hydrogen) atoms. The maximum absolute atomic E-state index is 12.9. The lowest BCUT2D eigenvalue weighted by Crippen LogP contribution is -2.57. The Morgan fingerprint density at radius 2 is 1.96 bits per heavy atom. The number of halogens is 3. The van der Waals surface area contributed by atoms with Crippen molar-refractivity contribution in [2.24, 2.45) is 0 Å². The molecule has 2 heterocycles. The average molecular weight is 381 g/mol. The summed E-state index contributed by atoms with van der Waals surface area (Å²) in [6, 6.07) is 8.66. The number of pyridine rings is 1. The minimum atomic E-state index is -4.54. The molecule has 3 rings (SSSR count).